The first-order chi connectivity index (χ1) is 32.5. The zero-order chi connectivity index (χ0) is 47.9. The Hall–Kier alpha value is -2.63. The highest BCUT2D eigenvalue weighted by Gasteiger charge is 2.19. The van der Waals surface area contributed by atoms with Gasteiger partial charge in [-0.05, 0) is 57.8 Å². The van der Waals surface area contributed by atoms with Crippen LogP contribution >= 0.6 is 0 Å². The lowest BCUT2D eigenvalue weighted by Gasteiger charge is -2.18. The van der Waals surface area contributed by atoms with Gasteiger partial charge in [-0.25, -0.2) is 0 Å². The number of ether oxygens (including phenoxy) is 3. The summed E-state index contributed by atoms with van der Waals surface area (Å²) >= 11 is 0. The van der Waals surface area contributed by atoms with E-state index in [2.05, 4.69) is 69.4 Å². The summed E-state index contributed by atoms with van der Waals surface area (Å²) in [5.41, 5.74) is 0. The monoisotopic (exact) mass is 925 g/mol. The second kappa shape index (κ2) is 55.0. The predicted molar refractivity (Wildman–Crippen MR) is 284 cm³/mol. The van der Waals surface area contributed by atoms with E-state index in [-0.39, 0.29) is 31.1 Å². The molecule has 1 unspecified atom stereocenters. The minimum Gasteiger partial charge on any atom is -0.462 e. The molecule has 0 radical (unpaired) electrons. The molecule has 0 heterocycles. The molecule has 0 aliphatic heterocycles. The molecule has 0 N–H and O–H groups in total. The fraction of sp³-hybridized carbons (Fsp3) is 0.817. The van der Waals surface area contributed by atoms with Crippen LogP contribution in [-0.2, 0) is 28.6 Å². The topological polar surface area (TPSA) is 78.9 Å². The van der Waals surface area contributed by atoms with E-state index < -0.39 is 6.10 Å². The minimum atomic E-state index is -0.779. The summed E-state index contributed by atoms with van der Waals surface area (Å²) in [5.74, 6) is -0.884. The average molecular weight is 926 g/mol. The number of hydrogen-bond acceptors (Lipinski definition) is 6. The number of carbonyl (C=O) groups is 3. The van der Waals surface area contributed by atoms with Gasteiger partial charge in [0.2, 0.25) is 0 Å². The molecular formula is C60H108O6. The molecule has 0 aliphatic carbocycles. The van der Waals surface area contributed by atoms with Crippen molar-refractivity contribution in [1.82, 2.24) is 0 Å². The Morgan fingerprint density at radius 3 is 0.924 bits per heavy atom. The molecule has 66 heavy (non-hydrogen) atoms. The molecule has 384 valence electrons. The lowest BCUT2D eigenvalue weighted by molar-refractivity contribution is -0.167. The van der Waals surface area contributed by atoms with Gasteiger partial charge in [0.15, 0.2) is 6.10 Å². The second-order valence-electron chi connectivity index (χ2n) is 19.2. The van der Waals surface area contributed by atoms with Crippen molar-refractivity contribution in [2.75, 3.05) is 13.2 Å². The average Bonchev–Trinajstić information content (AvgIpc) is 3.31. The van der Waals surface area contributed by atoms with Crippen LogP contribution < -0.4 is 0 Å². The molecule has 0 aromatic heterocycles. The van der Waals surface area contributed by atoms with Crippen molar-refractivity contribution in [3.63, 3.8) is 0 Å². The third kappa shape index (κ3) is 52.3. The van der Waals surface area contributed by atoms with Crippen molar-refractivity contribution in [3.8, 4) is 0 Å². The maximum absolute atomic E-state index is 12.8. The third-order valence-electron chi connectivity index (χ3n) is 12.6. The lowest BCUT2D eigenvalue weighted by atomic mass is 10.0. The Morgan fingerprint density at radius 2 is 0.591 bits per heavy atom. The first kappa shape index (κ1) is 63.4. The van der Waals surface area contributed by atoms with Crippen molar-refractivity contribution < 1.29 is 28.6 Å². The Morgan fingerprint density at radius 1 is 0.318 bits per heavy atom. The van der Waals surface area contributed by atoms with E-state index in [1.54, 1.807) is 0 Å². The van der Waals surface area contributed by atoms with Gasteiger partial charge in [-0.2, -0.15) is 0 Å². The minimum absolute atomic E-state index is 0.0765. The molecule has 0 aromatic carbocycles. The maximum atomic E-state index is 12.8. The molecular weight excluding hydrogens is 817 g/mol. The third-order valence-corrected chi connectivity index (χ3v) is 12.6. The van der Waals surface area contributed by atoms with E-state index in [1.165, 1.54) is 161 Å². The molecule has 0 rings (SSSR count). The number of unbranched alkanes of at least 4 members (excludes halogenated alkanes) is 33. The maximum Gasteiger partial charge on any atom is 0.306 e. The number of carbonyl (C=O) groups excluding carboxylic acids is 3. The fourth-order valence-corrected chi connectivity index (χ4v) is 8.32. The molecule has 0 saturated carbocycles. The fourth-order valence-electron chi connectivity index (χ4n) is 8.32. The van der Waals surface area contributed by atoms with Crippen molar-refractivity contribution in [1.29, 1.82) is 0 Å². The summed E-state index contributed by atoms with van der Waals surface area (Å²) in [5, 5.41) is 0. The summed E-state index contributed by atoms with van der Waals surface area (Å²) < 4.78 is 16.9. The highest BCUT2D eigenvalue weighted by atomic mass is 16.6. The predicted octanol–water partition coefficient (Wildman–Crippen LogP) is 19.0. The van der Waals surface area contributed by atoms with E-state index in [1.807, 2.05) is 0 Å². The van der Waals surface area contributed by atoms with Gasteiger partial charge >= 0.3 is 17.9 Å². The van der Waals surface area contributed by atoms with E-state index in [9.17, 15) is 14.4 Å². The van der Waals surface area contributed by atoms with Crippen molar-refractivity contribution in [2.24, 2.45) is 0 Å². The smallest absolute Gasteiger partial charge is 0.306 e. The highest BCUT2D eigenvalue weighted by Crippen LogP contribution is 2.17. The van der Waals surface area contributed by atoms with Crippen LogP contribution in [0.1, 0.15) is 297 Å². The van der Waals surface area contributed by atoms with Gasteiger partial charge in [-0.15, -0.1) is 0 Å². The van der Waals surface area contributed by atoms with Gasteiger partial charge in [0.05, 0.1) is 0 Å². The quantitative estimate of drug-likeness (QED) is 0.0262. The summed E-state index contributed by atoms with van der Waals surface area (Å²) in [6, 6.07) is 0. The normalized spacial score (nSPS) is 12.3. The molecule has 0 fully saturated rings. The SMILES string of the molecule is CC/C=C\C/C=C\C/C=C\C/C=C\CCCCCCC(=O)OCC(COC(=O)CCCCCCCCCCCCCCCCC)OC(=O)CCCCCCCCCCCCCCCCCC. The van der Waals surface area contributed by atoms with Crippen LogP contribution in [0, 0.1) is 0 Å². The first-order valence-electron chi connectivity index (χ1n) is 28.6. The van der Waals surface area contributed by atoms with Gasteiger partial charge in [-0.1, -0.05) is 268 Å². The van der Waals surface area contributed by atoms with Crippen molar-refractivity contribution in [3.05, 3.63) is 48.6 Å². The van der Waals surface area contributed by atoms with E-state index in [0.717, 1.165) is 96.3 Å². The van der Waals surface area contributed by atoms with Crippen LogP contribution in [0.5, 0.6) is 0 Å². The number of esters is 3. The van der Waals surface area contributed by atoms with Gasteiger partial charge < -0.3 is 14.2 Å². The van der Waals surface area contributed by atoms with Crippen LogP contribution in [0.15, 0.2) is 48.6 Å². The van der Waals surface area contributed by atoms with Crippen LogP contribution in [0.3, 0.4) is 0 Å². The van der Waals surface area contributed by atoms with Gasteiger partial charge in [0.1, 0.15) is 13.2 Å². The summed E-state index contributed by atoms with van der Waals surface area (Å²) in [7, 11) is 0. The van der Waals surface area contributed by atoms with Gasteiger partial charge in [0.25, 0.3) is 0 Å². The Balaban J connectivity index is 4.38. The molecule has 0 bridgehead atoms. The van der Waals surface area contributed by atoms with Crippen LogP contribution in [0.25, 0.3) is 0 Å². The van der Waals surface area contributed by atoms with Crippen LogP contribution in [-0.4, -0.2) is 37.2 Å². The van der Waals surface area contributed by atoms with Crippen molar-refractivity contribution >= 4 is 17.9 Å². The second-order valence-corrected chi connectivity index (χ2v) is 19.2. The van der Waals surface area contributed by atoms with Crippen LogP contribution in [0.4, 0.5) is 0 Å². The zero-order valence-corrected chi connectivity index (χ0v) is 44.0. The molecule has 0 amide bonds. The molecule has 1 atom stereocenters. The summed E-state index contributed by atoms with van der Waals surface area (Å²) in [6.07, 6.45) is 66.7. The Kier molecular flexibility index (Phi) is 52.8. The Bertz CT molecular complexity index is 1150. The number of allylic oxidation sites excluding steroid dienone is 8. The molecule has 0 saturated heterocycles. The van der Waals surface area contributed by atoms with Crippen molar-refractivity contribution in [2.45, 2.75) is 303 Å². The highest BCUT2D eigenvalue weighted by molar-refractivity contribution is 5.71. The lowest BCUT2D eigenvalue weighted by Crippen LogP contribution is -2.30. The number of hydrogen-bond donors (Lipinski definition) is 0. The van der Waals surface area contributed by atoms with Gasteiger partial charge in [0, 0.05) is 19.3 Å². The molecule has 6 nitrogen and oxygen atoms in total. The molecule has 6 heteroatoms. The molecule has 0 aliphatic rings. The molecule has 0 aromatic rings. The van der Waals surface area contributed by atoms with E-state index >= 15 is 0 Å². The number of rotatable bonds is 52. The first-order valence-corrected chi connectivity index (χ1v) is 28.6. The summed E-state index contributed by atoms with van der Waals surface area (Å²) in [6.45, 7) is 6.55. The Labute approximate surface area is 409 Å². The van der Waals surface area contributed by atoms with Crippen LogP contribution in [0.2, 0.25) is 0 Å². The van der Waals surface area contributed by atoms with Gasteiger partial charge in [-0.3, -0.25) is 14.4 Å². The zero-order valence-electron chi connectivity index (χ0n) is 44.0. The molecule has 0 spiro atoms. The van der Waals surface area contributed by atoms with E-state index in [0.29, 0.717) is 19.3 Å². The standard InChI is InChI=1S/C60H108O6/c1-4-7-10-13-16-19-22-25-28-30-33-35-38-41-44-47-50-53-59(62)65-56-57(55-64-58(61)52-49-46-43-40-37-34-31-27-24-21-18-15-12-9-6-3)66-60(63)54-51-48-45-42-39-36-32-29-26-23-20-17-14-11-8-5-2/h7,10,16,19,25,28,33,35,57H,4-6,8-9,11-15,17-18,20-24,26-27,29-32,34,36-56H2,1-3H3/b10-7-,19-16-,28-25-,35-33-. The largest absolute Gasteiger partial charge is 0.462 e. The van der Waals surface area contributed by atoms with E-state index in [4.69, 9.17) is 14.2 Å². The summed E-state index contributed by atoms with van der Waals surface area (Å²) in [4.78, 5) is 38.1.